The lowest BCUT2D eigenvalue weighted by Gasteiger charge is -2.22. The molecule has 0 radical (unpaired) electrons. The monoisotopic (exact) mass is 365 g/mol. The van der Waals surface area contributed by atoms with E-state index in [-0.39, 0.29) is 6.54 Å². The van der Waals surface area contributed by atoms with Crippen LogP contribution in [0.25, 0.3) is 0 Å². The summed E-state index contributed by atoms with van der Waals surface area (Å²) in [7, 11) is 0. The lowest BCUT2D eigenvalue weighted by Crippen LogP contribution is -2.39. The summed E-state index contributed by atoms with van der Waals surface area (Å²) in [5.74, 6) is 0.705. The van der Waals surface area contributed by atoms with E-state index in [1.807, 2.05) is 49.4 Å². The SMILES string of the molecule is CCNC(=NCC(C)(O)c1ccccc1)NCCc1ccc(Cl)s1. The van der Waals surface area contributed by atoms with Gasteiger partial charge in [0.25, 0.3) is 0 Å². The fourth-order valence-electron chi connectivity index (χ4n) is 2.25. The number of halogens is 1. The van der Waals surface area contributed by atoms with E-state index in [2.05, 4.69) is 15.6 Å². The van der Waals surface area contributed by atoms with Crippen LogP contribution in [-0.2, 0) is 12.0 Å². The molecule has 24 heavy (non-hydrogen) atoms. The largest absolute Gasteiger partial charge is 0.384 e. The number of benzene rings is 1. The predicted molar refractivity (Wildman–Crippen MR) is 103 cm³/mol. The standard InChI is InChI=1S/C18H24ClN3OS/c1-3-20-17(21-12-11-15-9-10-16(19)24-15)22-13-18(2,23)14-7-5-4-6-8-14/h4-10,23H,3,11-13H2,1-2H3,(H2,20,21,22). The zero-order valence-corrected chi connectivity index (χ0v) is 15.6. The molecule has 2 rings (SSSR count). The van der Waals surface area contributed by atoms with E-state index in [1.54, 1.807) is 18.3 Å². The van der Waals surface area contributed by atoms with Crippen LogP contribution in [0.15, 0.2) is 47.5 Å². The highest BCUT2D eigenvalue weighted by Crippen LogP contribution is 2.21. The Labute approximate surface area is 152 Å². The minimum absolute atomic E-state index is 0.289. The van der Waals surface area contributed by atoms with Gasteiger partial charge < -0.3 is 15.7 Å². The molecular formula is C18H24ClN3OS. The maximum absolute atomic E-state index is 10.6. The zero-order valence-electron chi connectivity index (χ0n) is 14.1. The summed E-state index contributed by atoms with van der Waals surface area (Å²) in [6.45, 7) is 5.62. The van der Waals surface area contributed by atoms with Crippen LogP contribution < -0.4 is 10.6 Å². The van der Waals surface area contributed by atoms with Gasteiger partial charge in [0.05, 0.1) is 10.9 Å². The molecule has 130 valence electrons. The van der Waals surface area contributed by atoms with Crippen molar-refractivity contribution in [2.75, 3.05) is 19.6 Å². The van der Waals surface area contributed by atoms with Crippen LogP contribution in [-0.4, -0.2) is 30.7 Å². The number of hydrogen-bond acceptors (Lipinski definition) is 3. The lowest BCUT2D eigenvalue weighted by molar-refractivity contribution is 0.0672. The Balaban J connectivity index is 1.92. The maximum atomic E-state index is 10.6. The van der Waals surface area contributed by atoms with Crippen LogP contribution in [0.3, 0.4) is 0 Å². The normalized spacial score (nSPS) is 14.2. The van der Waals surface area contributed by atoms with Crippen molar-refractivity contribution in [2.45, 2.75) is 25.9 Å². The van der Waals surface area contributed by atoms with Gasteiger partial charge in [0.15, 0.2) is 5.96 Å². The minimum Gasteiger partial charge on any atom is -0.384 e. The number of aliphatic hydroxyl groups is 1. The number of thiophene rings is 1. The maximum Gasteiger partial charge on any atom is 0.191 e. The molecule has 0 amide bonds. The van der Waals surface area contributed by atoms with E-state index >= 15 is 0 Å². The highest BCUT2D eigenvalue weighted by atomic mass is 35.5. The minimum atomic E-state index is -0.995. The third-order valence-corrected chi connectivity index (χ3v) is 4.87. The van der Waals surface area contributed by atoms with Gasteiger partial charge in [-0.15, -0.1) is 11.3 Å². The molecule has 0 bridgehead atoms. The molecule has 0 fully saturated rings. The highest BCUT2D eigenvalue weighted by molar-refractivity contribution is 7.16. The van der Waals surface area contributed by atoms with Crippen molar-refractivity contribution in [1.29, 1.82) is 0 Å². The first-order chi connectivity index (χ1) is 11.5. The number of guanidine groups is 1. The molecule has 6 heteroatoms. The van der Waals surface area contributed by atoms with Crippen molar-refractivity contribution in [3.05, 3.63) is 57.2 Å². The van der Waals surface area contributed by atoms with Crippen LogP contribution in [0.4, 0.5) is 0 Å². The second-order valence-corrected chi connectivity index (χ2v) is 7.52. The fourth-order valence-corrected chi connectivity index (χ4v) is 3.34. The quantitative estimate of drug-likeness (QED) is 0.520. The molecule has 1 aromatic carbocycles. The van der Waals surface area contributed by atoms with Gasteiger partial charge in [0.2, 0.25) is 0 Å². The van der Waals surface area contributed by atoms with E-state index in [4.69, 9.17) is 11.6 Å². The van der Waals surface area contributed by atoms with Crippen LogP contribution in [0.2, 0.25) is 4.34 Å². The second-order valence-electron chi connectivity index (χ2n) is 5.72. The Morgan fingerprint density at radius 3 is 2.58 bits per heavy atom. The number of rotatable bonds is 7. The van der Waals surface area contributed by atoms with Crippen LogP contribution >= 0.6 is 22.9 Å². The molecule has 0 saturated heterocycles. The summed E-state index contributed by atoms with van der Waals surface area (Å²) in [5.41, 5.74) is -0.136. The Hall–Kier alpha value is -1.56. The molecular weight excluding hydrogens is 342 g/mol. The molecule has 0 aliphatic rings. The average Bonchev–Trinajstić information content (AvgIpc) is 2.99. The Morgan fingerprint density at radius 2 is 1.96 bits per heavy atom. The molecule has 0 aliphatic heterocycles. The first-order valence-corrected chi connectivity index (χ1v) is 9.25. The number of aliphatic imine (C=N–C) groups is 1. The molecule has 1 heterocycles. The van der Waals surface area contributed by atoms with Crippen LogP contribution in [0.5, 0.6) is 0 Å². The summed E-state index contributed by atoms with van der Waals surface area (Å²) < 4.78 is 0.810. The third-order valence-electron chi connectivity index (χ3n) is 3.58. The summed E-state index contributed by atoms with van der Waals surface area (Å²) in [5, 5.41) is 17.1. The van der Waals surface area contributed by atoms with Gasteiger partial charge in [-0.25, -0.2) is 4.99 Å². The van der Waals surface area contributed by atoms with Gasteiger partial charge in [-0.3, -0.25) is 0 Å². The van der Waals surface area contributed by atoms with Crippen molar-refractivity contribution in [2.24, 2.45) is 4.99 Å². The first-order valence-electron chi connectivity index (χ1n) is 8.05. The summed E-state index contributed by atoms with van der Waals surface area (Å²) in [4.78, 5) is 5.76. The molecule has 0 saturated carbocycles. The van der Waals surface area contributed by atoms with Crippen LogP contribution in [0.1, 0.15) is 24.3 Å². The molecule has 0 aliphatic carbocycles. The molecule has 4 nitrogen and oxygen atoms in total. The molecule has 0 spiro atoms. The van der Waals surface area contributed by atoms with Gasteiger partial charge >= 0.3 is 0 Å². The van der Waals surface area contributed by atoms with Gasteiger partial charge in [0, 0.05) is 18.0 Å². The summed E-state index contributed by atoms with van der Waals surface area (Å²) in [6.07, 6.45) is 0.886. The predicted octanol–water partition coefficient (Wildman–Crippen LogP) is 3.41. The van der Waals surface area contributed by atoms with Crippen LogP contribution in [0, 0.1) is 0 Å². The molecule has 2 aromatic rings. The fraction of sp³-hybridized carbons (Fsp3) is 0.389. The van der Waals surface area contributed by atoms with E-state index in [9.17, 15) is 5.11 Å². The Morgan fingerprint density at radius 1 is 1.21 bits per heavy atom. The van der Waals surface area contributed by atoms with Gasteiger partial charge in [0.1, 0.15) is 5.60 Å². The number of nitrogens with one attached hydrogen (secondary N) is 2. The van der Waals surface area contributed by atoms with Crippen molar-refractivity contribution >= 4 is 28.9 Å². The lowest BCUT2D eigenvalue weighted by atomic mass is 9.96. The highest BCUT2D eigenvalue weighted by Gasteiger charge is 2.22. The topological polar surface area (TPSA) is 56.7 Å². The zero-order chi connectivity index (χ0) is 17.4. The van der Waals surface area contributed by atoms with Gasteiger partial charge in [-0.05, 0) is 38.0 Å². The smallest absolute Gasteiger partial charge is 0.191 e. The van der Waals surface area contributed by atoms with Crippen molar-refractivity contribution < 1.29 is 5.11 Å². The van der Waals surface area contributed by atoms with E-state index in [1.165, 1.54) is 4.88 Å². The number of hydrogen-bond donors (Lipinski definition) is 3. The summed E-state index contributed by atoms with van der Waals surface area (Å²) >= 11 is 7.54. The first kappa shape index (κ1) is 18.8. The van der Waals surface area contributed by atoms with Crippen molar-refractivity contribution in [3.63, 3.8) is 0 Å². The van der Waals surface area contributed by atoms with Gasteiger partial charge in [-0.1, -0.05) is 41.9 Å². The molecule has 1 aromatic heterocycles. The molecule has 1 atom stereocenters. The van der Waals surface area contributed by atoms with Crippen molar-refractivity contribution in [1.82, 2.24) is 10.6 Å². The number of nitrogens with zero attached hydrogens (tertiary/aromatic N) is 1. The summed E-state index contributed by atoms with van der Waals surface area (Å²) in [6, 6.07) is 13.6. The average molecular weight is 366 g/mol. The van der Waals surface area contributed by atoms with Crippen molar-refractivity contribution in [3.8, 4) is 0 Å². The Kier molecular flexibility index (Phi) is 7.09. The van der Waals surface area contributed by atoms with E-state index < -0.39 is 5.60 Å². The van der Waals surface area contributed by atoms with E-state index in [0.29, 0.717) is 5.96 Å². The Bertz CT molecular complexity index is 655. The molecule has 1 unspecified atom stereocenters. The second kappa shape index (κ2) is 9.06. The van der Waals surface area contributed by atoms with E-state index in [0.717, 1.165) is 29.4 Å². The van der Waals surface area contributed by atoms with Gasteiger partial charge in [-0.2, -0.15) is 0 Å². The molecule has 3 N–H and O–H groups in total. The third kappa shape index (κ3) is 5.82.